The second-order valence-corrected chi connectivity index (χ2v) is 4.00. The Balaban J connectivity index is 2.41. The Kier molecular flexibility index (Phi) is 2.98. The van der Waals surface area contributed by atoms with Crippen molar-refractivity contribution in [2.75, 3.05) is 5.73 Å². The van der Waals surface area contributed by atoms with E-state index in [1.165, 1.54) is 12.3 Å². The van der Waals surface area contributed by atoms with Crippen molar-refractivity contribution < 1.29 is 13.2 Å². The third kappa shape index (κ3) is 2.45. The van der Waals surface area contributed by atoms with Crippen LogP contribution in [0, 0.1) is 6.92 Å². The predicted molar refractivity (Wildman–Crippen MR) is 63.8 cm³/mol. The molecular weight excluding hydrogens is 241 g/mol. The number of nitrogens with two attached hydrogens (primary N) is 1. The van der Waals surface area contributed by atoms with Crippen LogP contribution in [-0.4, -0.2) is 4.98 Å². The summed E-state index contributed by atoms with van der Waals surface area (Å²) >= 11 is 0. The molecule has 94 valence electrons. The fourth-order valence-electron chi connectivity index (χ4n) is 1.73. The van der Waals surface area contributed by atoms with E-state index < -0.39 is 11.9 Å². The molecule has 0 aliphatic heterocycles. The average molecular weight is 252 g/mol. The summed E-state index contributed by atoms with van der Waals surface area (Å²) in [7, 11) is 0. The Bertz CT molecular complexity index is 559. The van der Waals surface area contributed by atoms with Gasteiger partial charge >= 0.3 is 6.18 Å². The minimum absolute atomic E-state index is 0.621. The molecule has 5 heteroatoms. The van der Waals surface area contributed by atoms with Crippen LogP contribution in [0.25, 0.3) is 11.1 Å². The Labute approximate surface area is 102 Å². The van der Waals surface area contributed by atoms with Crippen molar-refractivity contribution in [2.45, 2.75) is 13.1 Å². The molecule has 0 aliphatic rings. The molecule has 1 aromatic carbocycles. The van der Waals surface area contributed by atoms with Gasteiger partial charge in [-0.05, 0) is 36.2 Å². The van der Waals surface area contributed by atoms with E-state index in [9.17, 15) is 13.2 Å². The standard InChI is InChI=1S/C13H11F3N2/c1-8-6-10(17)3-4-11(8)9-2-5-12(18-7-9)13(14,15)16/h2-7H,17H2,1H3. The van der Waals surface area contributed by atoms with E-state index in [0.717, 1.165) is 17.2 Å². The molecule has 0 bridgehead atoms. The second kappa shape index (κ2) is 4.33. The lowest BCUT2D eigenvalue weighted by molar-refractivity contribution is -0.141. The normalized spacial score (nSPS) is 11.6. The topological polar surface area (TPSA) is 38.9 Å². The van der Waals surface area contributed by atoms with Gasteiger partial charge in [-0.2, -0.15) is 13.2 Å². The molecule has 18 heavy (non-hydrogen) atoms. The number of aromatic nitrogens is 1. The van der Waals surface area contributed by atoms with Crippen LogP contribution in [0.2, 0.25) is 0 Å². The van der Waals surface area contributed by atoms with E-state index in [-0.39, 0.29) is 0 Å². The summed E-state index contributed by atoms with van der Waals surface area (Å²) in [5.74, 6) is 0. The molecule has 0 saturated carbocycles. The molecule has 0 atom stereocenters. The SMILES string of the molecule is Cc1cc(N)ccc1-c1ccc(C(F)(F)F)nc1. The van der Waals surface area contributed by atoms with E-state index in [1.807, 2.05) is 6.92 Å². The van der Waals surface area contributed by atoms with Gasteiger partial charge in [0.15, 0.2) is 0 Å². The van der Waals surface area contributed by atoms with Gasteiger partial charge < -0.3 is 5.73 Å². The molecule has 0 spiro atoms. The van der Waals surface area contributed by atoms with Crippen LogP contribution in [0.5, 0.6) is 0 Å². The van der Waals surface area contributed by atoms with Crippen LogP contribution in [-0.2, 0) is 6.18 Å². The van der Waals surface area contributed by atoms with Crippen molar-refractivity contribution in [3.8, 4) is 11.1 Å². The van der Waals surface area contributed by atoms with Gasteiger partial charge in [-0.1, -0.05) is 12.1 Å². The van der Waals surface area contributed by atoms with Crippen LogP contribution in [0.1, 0.15) is 11.3 Å². The maximum atomic E-state index is 12.4. The molecule has 1 aromatic heterocycles. The first-order valence-electron chi connectivity index (χ1n) is 5.27. The van der Waals surface area contributed by atoms with Gasteiger partial charge in [-0.15, -0.1) is 0 Å². The summed E-state index contributed by atoms with van der Waals surface area (Å²) in [6.07, 6.45) is -3.18. The Morgan fingerprint density at radius 2 is 1.83 bits per heavy atom. The van der Waals surface area contributed by atoms with Crippen molar-refractivity contribution >= 4 is 5.69 Å². The smallest absolute Gasteiger partial charge is 0.399 e. The van der Waals surface area contributed by atoms with Crippen molar-refractivity contribution in [1.82, 2.24) is 4.98 Å². The molecule has 2 aromatic rings. The second-order valence-electron chi connectivity index (χ2n) is 4.00. The molecule has 0 aliphatic carbocycles. The lowest BCUT2D eigenvalue weighted by Crippen LogP contribution is -2.07. The predicted octanol–water partition coefficient (Wildman–Crippen LogP) is 3.66. The number of pyridine rings is 1. The number of aryl methyl sites for hydroxylation is 1. The summed E-state index contributed by atoms with van der Waals surface area (Å²) in [4.78, 5) is 3.43. The molecule has 2 N–H and O–H groups in total. The quantitative estimate of drug-likeness (QED) is 0.786. The maximum absolute atomic E-state index is 12.4. The van der Waals surface area contributed by atoms with Gasteiger partial charge in [0.1, 0.15) is 5.69 Å². The number of hydrogen-bond acceptors (Lipinski definition) is 2. The van der Waals surface area contributed by atoms with Gasteiger partial charge in [-0.25, -0.2) is 0 Å². The van der Waals surface area contributed by atoms with Gasteiger partial charge in [0.05, 0.1) is 0 Å². The minimum Gasteiger partial charge on any atom is -0.399 e. The summed E-state index contributed by atoms with van der Waals surface area (Å²) in [5, 5.41) is 0. The summed E-state index contributed by atoms with van der Waals surface area (Å²) in [6, 6.07) is 7.64. The zero-order chi connectivity index (χ0) is 13.3. The summed E-state index contributed by atoms with van der Waals surface area (Å²) in [6.45, 7) is 1.85. The molecular formula is C13H11F3N2. The number of halogens is 3. The zero-order valence-electron chi connectivity index (χ0n) is 9.62. The molecule has 2 nitrogen and oxygen atoms in total. The van der Waals surface area contributed by atoms with Crippen LogP contribution in [0.3, 0.4) is 0 Å². The molecule has 2 rings (SSSR count). The van der Waals surface area contributed by atoms with Crippen LogP contribution in [0.15, 0.2) is 36.5 Å². The largest absolute Gasteiger partial charge is 0.433 e. The van der Waals surface area contributed by atoms with E-state index in [1.54, 1.807) is 18.2 Å². The number of nitrogen functional groups attached to an aromatic ring is 1. The van der Waals surface area contributed by atoms with Crippen LogP contribution < -0.4 is 5.73 Å². The third-order valence-corrected chi connectivity index (χ3v) is 2.62. The number of hydrogen-bond donors (Lipinski definition) is 1. The molecule has 1 heterocycles. The Morgan fingerprint density at radius 3 is 2.33 bits per heavy atom. The third-order valence-electron chi connectivity index (χ3n) is 2.62. The minimum atomic E-state index is -4.41. The van der Waals surface area contributed by atoms with Crippen LogP contribution in [0.4, 0.5) is 18.9 Å². The Morgan fingerprint density at radius 1 is 1.11 bits per heavy atom. The van der Waals surface area contributed by atoms with Gasteiger partial charge in [0.2, 0.25) is 0 Å². The van der Waals surface area contributed by atoms with Gasteiger partial charge in [0.25, 0.3) is 0 Å². The zero-order valence-corrected chi connectivity index (χ0v) is 9.62. The van der Waals surface area contributed by atoms with Gasteiger partial charge in [0, 0.05) is 17.4 Å². The molecule has 0 saturated heterocycles. The number of alkyl halides is 3. The number of rotatable bonds is 1. The van der Waals surface area contributed by atoms with E-state index in [0.29, 0.717) is 11.3 Å². The molecule has 0 radical (unpaired) electrons. The van der Waals surface area contributed by atoms with Crippen molar-refractivity contribution in [2.24, 2.45) is 0 Å². The molecule has 0 unspecified atom stereocenters. The number of benzene rings is 1. The summed E-state index contributed by atoms with van der Waals surface area (Å²) in [5.41, 5.74) is 7.72. The highest BCUT2D eigenvalue weighted by Crippen LogP contribution is 2.30. The monoisotopic (exact) mass is 252 g/mol. The first-order valence-corrected chi connectivity index (χ1v) is 5.27. The fraction of sp³-hybridized carbons (Fsp3) is 0.154. The van der Waals surface area contributed by atoms with Crippen molar-refractivity contribution in [1.29, 1.82) is 0 Å². The summed E-state index contributed by atoms with van der Waals surface area (Å²) < 4.78 is 37.1. The first kappa shape index (κ1) is 12.4. The number of anilines is 1. The van der Waals surface area contributed by atoms with E-state index in [2.05, 4.69) is 4.98 Å². The highest BCUT2D eigenvalue weighted by molar-refractivity contribution is 5.68. The first-order chi connectivity index (χ1) is 8.38. The highest BCUT2D eigenvalue weighted by Gasteiger charge is 2.32. The highest BCUT2D eigenvalue weighted by atomic mass is 19.4. The Hall–Kier alpha value is -2.04. The number of nitrogens with zero attached hydrogens (tertiary/aromatic N) is 1. The molecule has 0 amide bonds. The lowest BCUT2D eigenvalue weighted by atomic mass is 10.0. The van der Waals surface area contributed by atoms with E-state index in [4.69, 9.17) is 5.73 Å². The van der Waals surface area contributed by atoms with Crippen molar-refractivity contribution in [3.05, 3.63) is 47.8 Å². The fourth-order valence-corrected chi connectivity index (χ4v) is 1.73. The van der Waals surface area contributed by atoms with E-state index >= 15 is 0 Å². The van der Waals surface area contributed by atoms with Crippen LogP contribution >= 0.6 is 0 Å². The van der Waals surface area contributed by atoms with Crippen molar-refractivity contribution in [3.63, 3.8) is 0 Å². The molecule has 0 fully saturated rings. The lowest BCUT2D eigenvalue weighted by Gasteiger charge is -2.09. The average Bonchev–Trinajstić information content (AvgIpc) is 2.28. The maximum Gasteiger partial charge on any atom is 0.433 e. The van der Waals surface area contributed by atoms with Gasteiger partial charge in [-0.3, -0.25) is 4.98 Å².